The molecule has 0 aliphatic carbocycles. The molecule has 1 heterocycles. The average molecular weight is 250 g/mol. The second-order valence-electron chi connectivity index (χ2n) is 5.77. The van der Waals surface area contributed by atoms with Crippen LogP contribution in [0, 0.1) is 0 Å². The third-order valence-electron chi connectivity index (χ3n) is 4.47. The van der Waals surface area contributed by atoms with E-state index in [1.165, 1.54) is 27.7 Å². The highest BCUT2D eigenvalue weighted by Gasteiger charge is 2.73. The molecule has 4 atom stereocenters. The van der Waals surface area contributed by atoms with E-state index in [2.05, 4.69) is 0 Å². The summed E-state index contributed by atoms with van der Waals surface area (Å²) in [5, 5.41) is 50.3. The molecule has 3 unspecified atom stereocenters. The van der Waals surface area contributed by atoms with Crippen LogP contribution in [-0.2, 0) is 4.74 Å². The van der Waals surface area contributed by atoms with Gasteiger partial charge in [0.15, 0.2) is 0 Å². The summed E-state index contributed by atoms with van der Waals surface area (Å²) in [4.78, 5) is 0. The molecule has 0 aromatic heterocycles. The fourth-order valence-corrected chi connectivity index (χ4v) is 2.25. The number of aliphatic hydroxyl groups is 5. The van der Waals surface area contributed by atoms with Gasteiger partial charge in [0.05, 0.1) is 5.60 Å². The molecule has 1 rings (SSSR count). The van der Waals surface area contributed by atoms with Crippen molar-refractivity contribution in [1.29, 1.82) is 0 Å². The van der Waals surface area contributed by atoms with Crippen LogP contribution in [0.1, 0.15) is 34.6 Å². The summed E-state index contributed by atoms with van der Waals surface area (Å²) in [6.07, 6.45) is 0. The van der Waals surface area contributed by atoms with Crippen LogP contribution in [0.25, 0.3) is 0 Å². The molecule has 0 amide bonds. The minimum atomic E-state index is -2.36. The monoisotopic (exact) mass is 250 g/mol. The Morgan fingerprint density at radius 3 is 1.53 bits per heavy atom. The summed E-state index contributed by atoms with van der Waals surface area (Å²) in [7, 11) is 0. The van der Waals surface area contributed by atoms with Crippen LogP contribution in [0.5, 0.6) is 0 Å². The van der Waals surface area contributed by atoms with E-state index in [-0.39, 0.29) is 0 Å². The lowest BCUT2D eigenvalue weighted by molar-refractivity contribution is -0.453. The van der Waals surface area contributed by atoms with Crippen molar-refractivity contribution in [3.05, 3.63) is 0 Å². The van der Waals surface area contributed by atoms with Crippen LogP contribution in [0.3, 0.4) is 0 Å². The van der Waals surface area contributed by atoms with E-state index in [9.17, 15) is 25.5 Å². The predicted octanol–water partition coefficient (Wildman–Crippen LogP) is -1.27. The Morgan fingerprint density at radius 1 is 0.765 bits per heavy atom. The zero-order valence-corrected chi connectivity index (χ0v) is 10.9. The molecule has 6 heteroatoms. The van der Waals surface area contributed by atoms with Gasteiger partial charge in [-0.05, 0) is 34.6 Å². The Labute approximate surface area is 100 Å². The van der Waals surface area contributed by atoms with E-state index in [1.54, 1.807) is 0 Å². The highest BCUT2D eigenvalue weighted by molar-refractivity contribution is 5.20. The summed E-state index contributed by atoms with van der Waals surface area (Å²) in [5.41, 5.74) is -7.52. The van der Waals surface area contributed by atoms with E-state index in [0.717, 1.165) is 6.92 Å². The van der Waals surface area contributed by atoms with Gasteiger partial charge in [0.1, 0.15) is 23.4 Å². The first-order valence-corrected chi connectivity index (χ1v) is 5.47. The second kappa shape index (κ2) is 3.40. The number of aliphatic hydroxyl groups excluding tert-OH is 1. The minimum absolute atomic E-state index is 0.907. The van der Waals surface area contributed by atoms with Gasteiger partial charge in [0, 0.05) is 0 Å². The lowest BCUT2D eigenvalue weighted by Gasteiger charge is -2.63. The Kier molecular flexibility index (Phi) is 2.97. The predicted molar refractivity (Wildman–Crippen MR) is 59.1 cm³/mol. The normalized spacial score (nSPS) is 54.7. The van der Waals surface area contributed by atoms with Crippen LogP contribution < -0.4 is 0 Å². The van der Waals surface area contributed by atoms with Gasteiger partial charge in [-0.3, -0.25) is 0 Å². The van der Waals surface area contributed by atoms with Crippen molar-refractivity contribution < 1.29 is 30.3 Å². The summed E-state index contributed by atoms with van der Waals surface area (Å²) in [6.45, 7) is 5.60. The lowest BCUT2D eigenvalue weighted by atomic mass is 9.61. The van der Waals surface area contributed by atoms with E-state index in [0.29, 0.717) is 0 Å². The summed E-state index contributed by atoms with van der Waals surface area (Å²) in [6, 6.07) is 0. The van der Waals surface area contributed by atoms with Crippen molar-refractivity contribution in [3.63, 3.8) is 0 Å². The van der Waals surface area contributed by atoms with Crippen molar-refractivity contribution in [1.82, 2.24) is 0 Å². The minimum Gasteiger partial charge on any atom is -0.391 e. The maximum Gasteiger partial charge on any atom is 0.222 e. The molecule has 0 spiro atoms. The molecule has 0 bridgehead atoms. The van der Waals surface area contributed by atoms with Gasteiger partial charge in [-0.1, -0.05) is 0 Å². The second-order valence-corrected chi connectivity index (χ2v) is 5.77. The van der Waals surface area contributed by atoms with Crippen molar-refractivity contribution >= 4 is 0 Å². The van der Waals surface area contributed by atoms with Crippen LogP contribution in [0.2, 0.25) is 0 Å². The van der Waals surface area contributed by atoms with Gasteiger partial charge in [0.25, 0.3) is 0 Å². The maximum absolute atomic E-state index is 10.4. The van der Waals surface area contributed by atoms with Crippen molar-refractivity contribution in [2.45, 2.75) is 62.8 Å². The molecule has 5 N–H and O–H groups in total. The largest absolute Gasteiger partial charge is 0.391 e. The van der Waals surface area contributed by atoms with E-state index < -0.39 is 34.8 Å². The number of rotatable bonds is 1. The molecule has 0 aromatic rings. The van der Waals surface area contributed by atoms with Gasteiger partial charge < -0.3 is 30.3 Å². The molecule has 0 aromatic carbocycles. The van der Waals surface area contributed by atoms with Crippen molar-refractivity contribution in [3.8, 4) is 0 Å². The quantitative estimate of drug-likeness (QED) is 0.397. The van der Waals surface area contributed by atoms with Crippen molar-refractivity contribution in [2.75, 3.05) is 6.61 Å². The molecule has 0 radical (unpaired) electrons. The Balaban J connectivity index is 3.46. The maximum atomic E-state index is 10.4. The molecule has 1 aliphatic rings. The Bertz CT molecular complexity index is 320. The first-order valence-electron chi connectivity index (χ1n) is 5.47. The molecule has 6 nitrogen and oxygen atoms in total. The standard InChI is InChI=1S/C11H22O6/c1-7(2)8(3,13)9(4,14)10(5,15)11(16,6-12)17-7/h12-16H,6H2,1-5H3/t8?,9?,10?,11-/m1/s1. The van der Waals surface area contributed by atoms with Gasteiger partial charge >= 0.3 is 0 Å². The summed E-state index contributed by atoms with van der Waals surface area (Å²) < 4.78 is 5.22. The average Bonchev–Trinajstić information content (AvgIpc) is 2.14. The van der Waals surface area contributed by atoms with Gasteiger partial charge in [-0.15, -0.1) is 0 Å². The highest BCUT2D eigenvalue weighted by atomic mass is 16.7. The highest BCUT2D eigenvalue weighted by Crippen LogP contribution is 2.52. The lowest BCUT2D eigenvalue weighted by Crippen LogP contribution is -2.84. The molecule has 0 saturated carbocycles. The molecule has 102 valence electrons. The van der Waals surface area contributed by atoms with Gasteiger partial charge in [0.2, 0.25) is 5.79 Å². The zero-order chi connectivity index (χ0) is 13.9. The topological polar surface area (TPSA) is 110 Å². The number of hydrogen-bond acceptors (Lipinski definition) is 6. The summed E-state index contributed by atoms with van der Waals surface area (Å²) >= 11 is 0. The molecular formula is C11H22O6. The van der Waals surface area contributed by atoms with Crippen LogP contribution in [-0.4, -0.2) is 60.3 Å². The van der Waals surface area contributed by atoms with Crippen LogP contribution in [0.4, 0.5) is 0 Å². The first kappa shape index (κ1) is 14.8. The molecule has 1 aliphatic heterocycles. The molecule has 1 saturated heterocycles. The molecule has 1 fully saturated rings. The fourth-order valence-electron chi connectivity index (χ4n) is 2.25. The number of hydrogen-bond donors (Lipinski definition) is 5. The van der Waals surface area contributed by atoms with Crippen LogP contribution >= 0.6 is 0 Å². The zero-order valence-electron chi connectivity index (χ0n) is 10.9. The SMILES string of the molecule is CC1(C)O[C@](O)(CO)C(C)(O)C(C)(O)C1(C)O. The molecular weight excluding hydrogens is 228 g/mol. The number of ether oxygens (including phenoxy) is 1. The smallest absolute Gasteiger partial charge is 0.222 e. The van der Waals surface area contributed by atoms with Gasteiger partial charge in [-0.25, -0.2) is 0 Å². The van der Waals surface area contributed by atoms with E-state index in [4.69, 9.17) is 4.74 Å². The van der Waals surface area contributed by atoms with E-state index >= 15 is 0 Å². The Morgan fingerprint density at radius 2 is 1.18 bits per heavy atom. The molecule has 17 heavy (non-hydrogen) atoms. The summed E-state index contributed by atoms with van der Waals surface area (Å²) in [5.74, 6) is -2.36. The third kappa shape index (κ3) is 1.49. The van der Waals surface area contributed by atoms with Crippen molar-refractivity contribution in [2.24, 2.45) is 0 Å². The fraction of sp³-hybridized carbons (Fsp3) is 1.00. The van der Waals surface area contributed by atoms with Crippen LogP contribution in [0.15, 0.2) is 0 Å². The third-order valence-corrected chi connectivity index (χ3v) is 4.47. The van der Waals surface area contributed by atoms with E-state index in [1.807, 2.05) is 0 Å². The first-order chi connectivity index (χ1) is 7.27. The van der Waals surface area contributed by atoms with Gasteiger partial charge in [-0.2, -0.15) is 0 Å². The Hall–Kier alpha value is -0.240.